The van der Waals surface area contributed by atoms with E-state index in [0.29, 0.717) is 0 Å². The van der Waals surface area contributed by atoms with Crippen molar-refractivity contribution < 1.29 is 4.89 Å². The summed E-state index contributed by atoms with van der Waals surface area (Å²) >= 11 is 0. The van der Waals surface area contributed by atoms with Crippen LogP contribution in [-0.2, 0) is 6.42 Å². The maximum atomic E-state index is 6.92. The molecule has 1 atom stereocenters. The lowest BCUT2D eigenvalue weighted by atomic mass is 10.0. The molecule has 1 unspecified atom stereocenters. The highest BCUT2D eigenvalue weighted by Gasteiger charge is 1.93. The zero-order chi connectivity index (χ0) is 14.2. The van der Waals surface area contributed by atoms with Crippen LogP contribution in [0.5, 0.6) is 0 Å². The highest BCUT2D eigenvalue weighted by Crippen LogP contribution is 2.11. The second-order valence-corrected chi connectivity index (χ2v) is 5.06. The molecule has 1 N–H and O–H groups in total. The van der Waals surface area contributed by atoms with Crippen LogP contribution in [0.4, 0.5) is 0 Å². The second kappa shape index (κ2) is 15.7. The van der Waals surface area contributed by atoms with Crippen molar-refractivity contribution in [2.75, 3.05) is 0 Å². The maximum absolute atomic E-state index is 6.92. The van der Waals surface area contributed by atoms with Gasteiger partial charge in [-0.15, -0.1) is 0 Å². The van der Waals surface area contributed by atoms with Crippen molar-refractivity contribution >= 4 is 9.47 Å². The first kappa shape index (κ1) is 18.6. The lowest BCUT2D eigenvalue weighted by Crippen LogP contribution is -1.86. The van der Waals surface area contributed by atoms with Crippen LogP contribution >= 0.6 is 9.47 Å². The van der Waals surface area contributed by atoms with Gasteiger partial charge in [0.2, 0.25) is 0 Å². The molecule has 1 aromatic rings. The molecule has 0 radical (unpaired) electrons. The summed E-state index contributed by atoms with van der Waals surface area (Å²) in [5.74, 6) is 0. The van der Waals surface area contributed by atoms with E-state index < -0.39 is 0 Å². The van der Waals surface area contributed by atoms with E-state index in [0.717, 1.165) is 0 Å². The number of hydrogen-bond acceptors (Lipinski definition) is 1. The van der Waals surface area contributed by atoms with Crippen LogP contribution < -0.4 is 0 Å². The minimum atomic E-state index is 1.26. The molecule has 0 saturated heterocycles. The molecular weight excluding hydrogens is 251 g/mol. The molecule has 0 aliphatic rings. The zero-order valence-electron chi connectivity index (χ0n) is 12.5. The number of benzene rings is 1. The number of hydrogen-bond donors (Lipinski definition) is 1. The van der Waals surface area contributed by atoms with Gasteiger partial charge in [-0.25, -0.2) is 0 Å². The molecule has 2 heteroatoms. The fourth-order valence-electron chi connectivity index (χ4n) is 2.28. The molecule has 0 aliphatic heterocycles. The molecule has 0 amide bonds. The van der Waals surface area contributed by atoms with E-state index >= 15 is 0 Å². The Morgan fingerprint density at radius 2 is 1.21 bits per heavy atom. The van der Waals surface area contributed by atoms with Gasteiger partial charge in [-0.1, -0.05) is 88.6 Å². The fraction of sp³-hybridized carbons (Fsp3) is 0.647. The zero-order valence-corrected chi connectivity index (χ0v) is 13.6. The van der Waals surface area contributed by atoms with Gasteiger partial charge in [-0.2, -0.15) is 0 Å². The molecule has 0 spiro atoms. The van der Waals surface area contributed by atoms with Crippen molar-refractivity contribution in [2.24, 2.45) is 0 Å². The topological polar surface area (TPSA) is 20.2 Å². The molecule has 0 saturated carbocycles. The summed E-state index contributed by atoms with van der Waals surface area (Å²) in [5, 5.41) is 0. The smallest absolute Gasteiger partial charge is 0.00391 e. The Balaban J connectivity index is 0.00000154. The van der Waals surface area contributed by atoms with Crippen LogP contribution in [0.1, 0.15) is 70.3 Å². The molecule has 1 nitrogen and oxygen atoms in total. The molecular formula is C17H31OP. The van der Waals surface area contributed by atoms with Crippen molar-refractivity contribution in [1.82, 2.24) is 0 Å². The van der Waals surface area contributed by atoms with Crippen molar-refractivity contribution in [3.63, 3.8) is 0 Å². The van der Waals surface area contributed by atoms with Gasteiger partial charge in [-0.05, 0) is 27.9 Å². The molecule has 0 fully saturated rings. The van der Waals surface area contributed by atoms with E-state index in [2.05, 4.69) is 37.3 Å². The SMILES string of the molecule is CCCCCCCCCCCc1ccccc1.OP. The summed E-state index contributed by atoms with van der Waals surface area (Å²) in [6.45, 7) is 2.28. The molecule has 1 aromatic carbocycles. The van der Waals surface area contributed by atoms with Crippen LogP contribution in [0.2, 0.25) is 0 Å². The lowest BCUT2D eigenvalue weighted by Gasteiger charge is -2.02. The Morgan fingerprint density at radius 1 is 0.737 bits per heavy atom. The van der Waals surface area contributed by atoms with Crippen LogP contribution in [0.25, 0.3) is 0 Å². The highest BCUT2D eigenvalue weighted by molar-refractivity contribution is 7.08. The largest absolute Gasteiger partial charge is 0.380 e. The van der Waals surface area contributed by atoms with Gasteiger partial charge in [0.05, 0.1) is 0 Å². The standard InChI is InChI=1S/C17H28.H3OP/c1-2-3-4-5-6-7-8-9-11-14-17-15-12-10-13-16-17;1-2/h10,12-13,15-16H,2-9,11,14H2,1H3;1H,2H2. The first-order valence-corrected chi connectivity index (χ1v) is 8.25. The summed E-state index contributed by atoms with van der Waals surface area (Å²) in [6.07, 6.45) is 14.0. The minimum Gasteiger partial charge on any atom is -0.380 e. The number of unbranched alkanes of at least 4 members (excludes halogenated alkanes) is 8. The van der Waals surface area contributed by atoms with Crippen molar-refractivity contribution in [2.45, 2.75) is 71.1 Å². The second-order valence-electron chi connectivity index (χ2n) is 5.06. The first-order valence-electron chi connectivity index (χ1n) is 7.73. The highest BCUT2D eigenvalue weighted by atomic mass is 31.0. The molecule has 0 bridgehead atoms. The third-order valence-electron chi connectivity index (χ3n) is 3.41. The third kappa shape index (κ3) is 12.4. The summed E-state index contributed by atoms with van der Waals surface area (Å²) in [4.78, 5) is 6.92. The Kier molecular flexibility index (Phi) is 15.3. The molecule has 0 aromatic heterocycles. The summed E-state index contributed by atoms with van der Waals surface area (Å²) in [6, 6.07) is 10.9. The van der Waals surface area contributed by atoms with Crippen molar-refractivity contribution in [3.8, 4) is 0 Å². The summed E-state index contributed by atoms with van der Waals surface area (Å²) in [7, 11) is 1.42. The maximum Gasteiger partial charge on any atom is -0.00391 e. The Morgan fingerprint density at radius 3 is 1.74 bits per heavy atom. The number of aryl methyl sites for hydroxylation is 1. The average Bonchev–Trinajstić information content (AvgIpc) is 2.49. The fourth-order valence-corrected chi connectivity index (χ4v) is 2.28. The molecule has 0 aliphatic carbocycles. The van der Waals surface area contributed by atoms with Gasteiger partial charge in [-0.3, -0.25) is 0 Å². The van der Waals surface area contributed by atoms with Crippen molar-refractivity contribution in [3.05, 3.63) is 35.9 Å². The molecule has 19 heavy (non-hydrogen) atoms. The minimum absolute atomic E-state index is 1.26. The Labute approximate surface area is 122 Å². The predicted molar refractivity (Wildman–Crippen MR) is 89.3 cm³/mol. The normalized spacial score (nSPS) is 9.84. The van der Waals surface area contributed by atoms with Crippen molar-refractivity contribution in [1.29, 1.82) is 0 Å². The van der Waals surface area contributed by atoms with Gasteiger partial charge in [0.15, 0.2) is 0 Å². The van der Waals surface area contributed by atoms with Gasteiger partial charge >= 0.3 is 0 Å². The quantitative estimate of drug-likeness (QED) is 0.442. The van der Waals surface area contributed by atoms with E-state index in [9.17, 15) is 0 Å². The monoisotopic (exact) mass is 282 g/mol. The van der Waals surface area contributed by atoms with Crippen LogP contribution in [-0.4, -0.2) is 4.89 Å². The van der Waals surface area contributed by atoms with Gasteiger partial charge in [0, 0.05) is 0 Å². The van der Waals surface area contributed by atoms with Crippen LogP contribution in [0.3, 0.4) is 0 Å². The van der Waals surface area contributed by atoms with Gasteiger partial charge in [0.1, 0.15) is 0 Å². The Bertz CT molecular complexity index is 261. The predicted octanol–water partition coefficient (Wildman–Crippen LogP) is 5.53. The van der Waals surface area contributed by atoms with E-state index in [1.807, 2.05) is 0 Å². The average molecular weight is 282 g/mol. The van der Waals surface area contributed by atoms with Gasteiger partial charge < -0.3 is 4.89 Å². The Hall–Kier alpha value is -0.390. The van der Waals surface area contributed by atoms with Crippen LogP contribution in [0.15, 0.2) is 30.3 Å². The van der Waals surface area contributed by atoms with Gasteiger partial charge in [0.25, 0.3) is 0 Å². The molecule has 110 valence electrons. The van der Waals surface area contributed by atoms with E-state index in [4.69, 9.17) is 4.89 Å². The van der Waals surface area contributed by atoms with Crippen LogP contribution in [0, 0.1) is 0 Å². The van der Waals surface area contributed by atoms with E-state index in [1.165, 1.54) is 79.2 Å². The van der Waals surface area contributed by atoms with E-state index in [1.54, 1.807) is 0 Å². The summed E-state index contributed by atoms with van der Waals surface area (Å²) < 4.78 is 0. The van der Waals surface area contributed by atoms with E-state index in [-0.39, 0.29) is 0 Å². The first-order chi connectivity index (χ1) is 9.43. The lowest BCUT2D eigenvalue weighted by molar-refractivity contribution is 0.565. The number of rotatable bonds is 10. The molecule has 0 heterocycles. The molecule has 1 rings (SSSR count). The summed E-state index contributed by atoms with van der Waals surface area (Å²) in [5.41, 5.74) is 1.50. The third-order valence-corrected chi connectivity index (χ3v) is 3.41.